The highest BCUT2D eigenvalue weighted by Crippen LogP contribution is 2.29. The summed E-state index contributed by atoms with van der Waals surface area (Å²) in [6.45, 7) is 6.11. The van der Waals surface area contributed by atoms with Gasteiger partial charge in [-0.2, -0.15) is 0 Å². The zero-order valence-corrected chi connectivity index (χ0v) is 17.5. The molecule has 29 heavy (non-hydrogen) atoms. The van der Waals surface area contributed by atoms with Crippen LogP contribution in [0.2, 0.25) is 0 Å². The molecule has 6 nitrogen and oxygen atoms in total. The number of carbonyl (C=O) groups is 1. The van der Waals surface area contributed by atoms with E-state index in [9.17, 15) is 4.79 Å². The van der Waals surface area contributed by atoms with Gasteiger partial charge in [-0.25, -0.2) is 4.98 Å². The molecule has 0 radical (unpaired) electrons. The molecule has 1 atom stereocenters. The number of thioether (sulfide) groups is 1. The van der Waals surface area contributed by atoms with Crippen LogP contribution in [-0.2, 0) is 4.79 Å². The zero-order valence-electron chi connectivity index (χ0n) is 16.7. The molecule has 148 valence electrons. The maximum absolute atomic E-state index is 12.3. The van der Waals surface area contributed by atoms with Crippen LogP contribution in [0.25, 0.3) is 27.9 Å². The van der Waals surface area contributed by atoms with E-state index in [4.69, 9.17) is 4.98 Å². The van der Waals surface area contributed by atoms with Crippen LogP contribution < -0.4 is 5.32 Å². The Kier molecular flexibility index (Phi) is 5.49. The third-order valence-corrected chi connectivity index (χ3v) is 5.77. The minimum atomic E-state index is -0.00745. The van der Waals surface area contributed by atoms with Crippen molar-refractivity contribution in [3.8, 4) is 11.4 Å². The van der Waals surface area contributed by atoms with Gasteiger partial charge in [-0.1, -0.05) is 54.6 Å². The van der Waals surface area contributed by atoms with Crippen molar-refractivity contribution in [2.24, 2.45) is 0 Å². The third kappa shape index (κ3) is 3.96. The van der Waals surface area contributed by atoms with E-state index in [0.717, 1.165) is 39.9 Å². The Labute approximate surface area is 173 Å². The molecule has 0 spiro atoms. The second-order valence-corrected chi connectivity index (χ2v) is 8.07. The Morgan fingerprint density at radius 3 is 2.79 bits per heavy atom. The highest BCUT2D eigenvalue weighted by molar-refractivity contribution is 7.99. The van der Waals surface area contributed by atoms with Crippen molar-refractivity contribution in [1.29, 1.82) is 0 Å². The average Bonchev–Trinajstić information content (AvgIpc) is 3.16. The third-order valence-electron chi connectivity index (χ3n) is 4.84. The Hall–Kier alpha value is -2.93. The topological polar surface area (TPSA) is 72.2 Å². The lowest BCUT2D eigenvalue weighted by molar-refractivity contribution is -0.119. The molecule has 1 amide bonds. The minimum Gasteiger partial charge on any atom is -0.353 e. The summed E-state index contributed by atoms with van der Waals surface area (Å²) >= 11 is 1.38. The number of nitrogens with zero attached hydrogens (tertiary/aromatic N) is 4. The standard InChI is InChI=1S/C22H23N5OS/c1-4-15(3)23-19(28)13-29-22-26-25-21-17-10-5-6-11-18(17)24-20(27(21)22)16-9-7-8-14(2)12-16/h5-12,15H,4,13H2,1-3H3,(H,23,28)/t15-/m0/s1. The van der Waals surface area contributed by atoms with E-state index in [-0.39, 0.29) is 17.7 Å². The summed E-state index contributed by atoms with van der Waals surface area (Å²) in [6.07, 6.45) is 0.900. The fraction of sp³-hybridized carbons (Fsp3) is 0.273. The van der Waals surface area contributed by atoms with Gasteiger partial charge in [0.25, 0.3) is 0 Å². The number of aromatic nitrogens is 4. The summed E-state index contributed by atoms with van der Waals surface area (Å²) in [7, 11) is 0. The molecule has 0 aliphatic carbocycles. The zero-order chi connectivity index (χ0) is 20.4. The summed E-state index contributed by atoms with van der Waals surface area (Å²) < 4.78 is 1.96. The molecule has 2 aromatic heterocycles. The number of rotatable bonds is 6. The molecular weight excluding hydrogens is 382 g/mol. The lowest BCUT2D eigenvalue weighted by Gasteiger charge is -2.12. The number of carbonyl (C=O) groups excluding carboxylic acids is 1. The van der Waals surface area contributed by atoms with Crippen molar-refractivity contribution in [2.75, 3.05) is 5.75 Å². The summed E-state index contributed by atoms with van der Waals surface area (Å²) in [6, 6.07) is 16.3. The second kappa shape index (κ2) is 8.21. The molecule has 0 aliphatic heterocycles. The van der Waals surface area contributed by atoms with Gasteiger partial charge in [0.05, 0.1) is 11.3 Å². The lowest BCUT2D eigenvalue weighted by atomic mass is 10.1. The monoisotopic (exact) mass is 405 g/mol. The predicted octanol–water partition coefficient (Wildman–Crippen LogP) is 4.26. The van der Waals surface area contributed by atoms with E-state index in [2.05, 4.69) is 41.5 Å². The van der Waals surface area contributed by atoms with Crippen LogP contribution in [0.15, 0.2) is 53.7 Å². The Morgan fingerprint density at radius 1 is 1.17 bits per heavy atom. The largest absolute Gasteiger partial charge is 0.353 e. The van der Waals surface area contributed by atoms with Crippen molar-refractivity contribution >= 4 is 34.2 Å². The molecule has 7 heteroatoms. The van der Waals surface area contributed by atoms with Crippen LogP contribution >= 0.6 is 11.8 Å². The fourth-order valence-corrected chi connectivity index (χ4v) is 3.92. The number of hydrogen-bond acceptors (Lipinski definition) is 5. The maximum atomic E-state index is 12.3. The molecular formula is C22H23N5OS. The first-order chi connectivity index (χ1) is 14.1. The number of hydrogen-bond donors (Lipinski definition) is 1. The molecule has 2 aromatic carbocycles. The van der Waals surface area contributed by atoms with Gasteiger partial charge >= 0.3 is 0 Å². The number of aryl methyl sites for hydroxylation is 1. The van der Waals surface area contributed by atoms with E-state index < -0.39 is 0 Å². The minimum absolute atomic E-state index is 0.00745. The summed E-state index contributed by atoms with van der Waals surface area (Å²) in [5, 5.41) is 13.4. The number of amides is 1. The first-order valence-corrected chi connectivity index (χ1v) is 10.7. The van der Waals surface area contributed by atoms with E-state index in [1.54, 1.807) is 0 Å². The van der Waals surface area contributed by atoms with Crippen LogP contribution in [0, 0.1) is 6.92 Å². The predicted molar refractivity (Wildman–Crippen MR) is 117 cm³/mol. The van der Waals surface area contributed by atoms with Crippen molar-refractivity contribution < 1.29 is 4.79 Å². The van der Waals surface area contributed by atoms with Gasteiger partial charge in [-0.3, -0.25) is 9.20 Å². The van der Waals surface area contributed by atoms with Crippen molar-refractivity contribution in [3.05, 3.63) is 54.1 Å². The van der Waals surface area contributed by atoms with Gasteiger partial charge in [0.15, 0.2) is 10.8 Å². The van der Waals surface area contributed by atoms with E-state index in [1.165, 1.54) is 11.8 Å². The van der Waals surface area contributed by atoms with Crippen LogP contribution in [0.1, 0.15) is 25.8 Å². The van der Waals surface area contributed by atoms with Crippen molar-refractivity contribution in [3.63, 3.8) is 0 Å². The normalized spacial score (nSPS) is 12.4. The summed E-state index contributed by atoms with van der Waals surface area (Å²) in [4.78, 5) is 17.2. The molecule has 4 rings (SSSR count). The number of nitrogens with one attached hydrogen (secondary N) is 1. The molecule has 0 fully saturated rings. The van der Waals surface area contributed by atoms with E-state index in [0.29, 0.717) is 5.16 Å². The molecule has 4 aromatic rings. The molecule has 0 aliphatic rings. The molecule has 2 heterocycles. The molecule has 0 saturated carbocycles. The van der Waals surface area contributed by atoms with E-state index in [1.807, 2.05) is 47.7 Å². The van der Waals surface area contributed by atoms with Gasteiger partial charge in [0.1, 0.15) is 5.82 Å². The number of para-hydroxylation sites is 1. The Bertz CT molecular complexity index is 1190. The molecule has 0 saturated heterocycles. The van der Waals surface area contributed by atoms with Gasteiger partial charge in [0.2, 0.25) is 5.91 Å². The number of fused-ring (bicyclic) bond motifs is 3. The molecule has 0 unspecified atom stereocenters. The van der Waals surface area contributed by atoms with Crippen LogP contribution in [0.5, 0.6) is 0 Å². The van der Waals surface area contributed by atoms with Crippen LogP contribution in [0.3, 0.4) is 0 Å². The quantitative estimate of drug-likeness (QED) is 0.485. The smallest absolute Gasteiger partial charge is 0.230 e. The van der Waals surface area contributed by atoms with Gasteiger partial charge < -0.3 is 5.32 Å². The number of benzene rings is 2. The first-order valence-electron chi connectivity index (χ1n) is 9.70. The fourth-order valence-electron chi connectivity index (χ4n) is 3.18. The van der Waals surface area contributed by atoms with Gasteiger partial charge in [-0.15, -0.1) is 10.2 Å². The van der Waals surface area contributed by atoms with Gasteiger partial charge in [0, 0.05) is 17.0 Å². The van der Waals surface area contributed by atoms with Crippen LogP contribution in [-0.4, -0.2) is 37.3 Å². The highest BCUT2D eigenvalue weighted by Gasteiger charge is 2.18. The lowest BCUT2D eigenvalue weighted by Crippen LogP contribution is -2.33. The SMILES string of the molecule is CC[C@H](C)NC(=O)CSc1nnc2c3ccccc3nc(-c3cccc(C)c3)n12. The Morgan fingerprint density at radius 2 is 2.00 bits per heavy atom. The average molecular weight is 406 g/mol. The van der Waals surface area contributed by atoms with Crippen molar-refractivity contribution in [1.82, 2.24) is 24.9 Å². The van der Waals surface area contributed by atoms with Crippen molar-refractivity contribution in [2.45, 2.75) is 38.4 Å². The molecule has 0 bridgehead atoms. The maximum Gasteiger partial charge on any atom is 0.230 e. The van der Waals surface area contributed by atoms with Crippen LogP contribution in [0.4, 0.5) is 0 Å². The summed E-state index contributed by atoms with van der Waals surface area (Å²) in [5.74, 6) is 1.05. The van der Waals surface area contributed by atoms with E-state index >= 15 is 0 Å². The van der Waals surface area contributed by atoms with Gasteiger partial charge in [-0.05, 0) is 38.5 Å². The first kappa shape index (κ1) is 19.4. The molecule has 1 N–H and O–H groups in total. The highest BCUT2D eigenvalue weighted by atomic mass is 32.2. The Balaban J connectivity index is 1.80. The summed E-state index contributed by atoms with van der Waals surface area (Å²) in [5.41, 5.74) is 3.76. The second-order valence-electron chi connectivity index (χ2n) is 7.13.